The van der Waals surface area contributed by atoms with E-state index in [1.165, 1.54) is 0 Å². The van der Waals surface area contributed by atoms with Gasteiger partial charge in [-0.2, -0.15) is 0 Å². The van der Waals surface area contributed by atoms with E-state index in [0.29, 0.717) is 22.2 Å². The Morgan fingerprint density at radius 2 is 1.54 bits per heavy atom. The van der Waals surface area contributed by atoms with Gasteiger partial charge in [0.05, 0.1) is 23.9 Å². The fraction of sp³-hybridized carbons (Fsp3) is 0.310. The van der Waals surface area contributed by atoms with E-state index in [-0.39, 0.29) is 12.7 Å². The molecule has 0 aromatic heterocycles. The molecular weight excluding hydrogens is 511 g/mol. The van der Waals surface area contributed by atoms with Crippen LogP contribution in [0.3, 0.4) is 0 Å². The molecule has 6 nitrogen and oxygen atoms in total. The fourth-order valence-electron chi connectivity index (χ4n) is 5.67. The Bertz CT molecular complexity index is 1280. The lowest BCUT2D eigenvalue weighted by Crippen LogP contribution is -2.55. The van der Waals surface area contributed by atoms with Gasteiger partial charge in [0, 0.05) is 10.0 Å². The number of nitrogens with zero attached hydrogens (tertiary/aromatic N) is 1. The third kappa shape index (κ3) is 4.08. The molecule has 1 fully saturated rings. The summed E-state index contributed by atoms with van der Waals surface area (Å²) >= 11 is 12.5. The number of hydrogen-bond donors (Lipinski definition) is 1. The van der Waals surface area contributed by atoms with Crippen LogP contribution in [0.15, 0.2) is 72.8 Å². The first kappa shape index (κ1) is 25.6. The molecule has 3 aromatic carbocycles. The summed E-state index contributed by atoms with van der Waals surface area (Å²) in [5.41, 5.74) is 1.07. The first-order chi connectivity index (χ1) is 17.7. The minimum absolute atomic E-state index is 0.202. The predicted molar refractivity (Wildman–Crippen MR) is 144 cm³/mol. The lowest BCUT2D eigenvalue weighted by atomic mass is 9.71. The second kappa shape index (κ2) is 9.67. The zero-order valence-corrected chi connectivity index (χ0v) is 22.3. The molecule has 0 saturated carbocycles. The molecule has 1 amide bonds. The molecular formula is C29H28Cl2N2O4. The van der Waals surface area contributed by atoms with Crippen LogP contribution in [0.5, 0.6) is 0 Å². The Labute approximate surface area is 226 Å². The number of rotatable bonds is 5. The third-order valence-corrected chi connectivity index (χ3v) is 7.65. The van der Waals surface area contributed by atoms with E-state index in [2.05, 4.69) is 5.32 Å². The zero-order valence-electron chi connectivity index (χ0n) is 20.8. The van der Waals surface area contributed by atoms with E-state index in [0.717, 1.165) is 16.7 Å². The molecule has 2 aliphatic heterocycles. The van der Waals surface area contributed by atoms with Crippen LogP contribution in [-0.2, 0) is 25.2 Å². The number of halogens is 2. The molecule has 2 heterocycles. The van der Waals surface area contributed by atoms with Crippen LogP contribution in [0.2, 0.25) is 10.0 Å². The van der Waals surface area contributed by atoms with Crippen molar-refractivity contribution in [3.05, 3.63) is 99.5 Å². The van der Waals surface area contributed by atoms with Crippen LogP contribution in [0, 0.1) is 0 Å². The maximum Gasteiger partial charge on any atom is 0.415 e. The third-order valence-electron chi connectivity index (χ3n) is 7.14. The van der Waals surface area contributed by atoms with E-state index < -0.39 is 29.2 Å². The van der Waals surface area contributed by atoms with Crippen molar-refractivity contribution in [3.8, 4) is 0 Å². The van der Waals surface area contributed by atoms with Gasteiger partial charge in [0.2, 0.25) is 0 Å². The number of para-hydroxylation sites is 1. The Hall–Kier alpha value is -3.06. The van der Waals surface area contributed by atoms with Crippen molar-refractivity contribution in [2.24, 2.45) is 0 Å². The molecule has 1 N–H and O–H groups in total. The molecule has 5 rings (SSSR count). The van der Waals surface area contributed by atoms with E-state index in [1.54, 1.807) is 11.8 Å². The summed E-state index contributed by atoms with van der Waals surface area (Å²) in [5.74, 6) is -0.399. The maximum absolute atomic E-state index is 14.1. The van der Waals surface area contributed by atoms with Crippen LogP contribution < -0.4 is 10.2 Å². The number of fused-ring (bicyclic) bond motifs is 3. The number of carbonyl (C=O) groups is 2. The molecule has 192 valence electrons. The Balaban J connectivity index is 1.78. The van der Waals surface area contributed by atoms with E-state index in [1.807, 2.05) is 86.6 Å². The highest BCUT2D eigenvalue weighted by atomic mass is 35.5. The summed E-state index contributed by atoms with van der Waals surface area (Å²) in [7, 11) is 0. The summed E-state index contributed by atoms with van der Waals surface area (Å²) in [6.07, 6.45) is -1.34. The van der Waals surface area contributed by atoms with Crippen LogP contribution in [0.4, 0.5) is 10.5 Å². The van der Waals surface area contributed by atoms with E-state index in [9.17, 15) is 9.59 Å². The van der Waals surface area contributed by atoms with Gasteiger partial charge in [0.1, 0.15) is 11.6 Å². The summed E-state index contributed by atoms with van der Waals surface area (Å²) in [5, 5.41) is 4.90. The fourth-order valence-corrected chi connectivity index (χ4v) is 5.92. The number of anilines is 1. The van der Waals surface area contributed by atoms with Crippen LogP contribution >= 0.6 is 23.2 Å². The Morgan fingerprint density at radius 3 is 2.08 bits per heavy atom. The van der Waals surface area contributed by atoms with Gasteiger partial charge in [0.25, 0.3) is 0 Å². The minimum Gasteiger partial charge on any atom is -0.462 e. The number of esters is 1. The molecule has 0 aliphatic carbocycles. The normalized spacial score (nSPS) is 21.5. The Morgan fingerprint density at radius 1 is 0.973 bits per heavy atom. The van der Waals surface area contributed by atoms with Crippen LogP contribution in [0.1, 0.15) is 43.9 Å². The van der Waals surface area contributed by atoms with Crippen LogP contribution in [-0.4, -0.2) is 30.9 Å². The number of benzene rings is 3. The molecule has 0 bridgehead atoms. The van der Waals surface area contributed by atoms with Crippen LogP contribution in [0.25, 0.3) is 0 Å². The van der Waals surface area contributed by atoms with Crippen molar-refractivity contribution < 1.29 is 19.1 Å². The Kier molecular flexibility index (Phi) is 6.69. The standard InChI is InChI=1S/C29H28Cl2N2O4/c1-4-36-27(35)33-24-8-6-5-7-23(24)28(26(34)37-18(2)3)17-29(32-25(28)33,19-9-13-21(30)14-10-19)20-11-15-22(31)16-12-20/h5-16,18,25,32H,4,17H2,1-3H3/t25-,28-/m1/s1. The smallest absolute Gasteiger partial charge is 0.415 e. The lowest BCUT2D eigenvalue weighted by Gasteiger charge is -2.34. The monoisotopic (exact) mass is 538 g/mol. The van der Waals surface area contributed by atoms with Gasteiger partial charge in [-0.3, -0.25) is 15.0 Å². The average molecular weight is 539 g/mol. The van der Waals surface area contributed by atoms with Gasteiger partial charge < -0.3 is 9.47 Å². The summed E-state index contributed by atoms with van der Waals surface area (Å²) in [6, 6.07) is 22.5. The van der Waals surface area contributed by atoms with Gasteiger partial charge >= 0.3 is 12.1 Å². The topological polar surface area (TPSA) is 67.9 Å². The molecule has 0 radical (unpaired) electrons. The summed E-state index contributed by atoms with van der Waals surface area (Å²) in [6.45, 7) is 5.60. The average Bonchev–Trinajstić information content (AvgIpc) is 3.35. The number of hydrogen-bond acceptors (Lipinski definition) is 5. The second-order valence-electron chi connectivity index (χ2n) is 9.65. The van der Waals surface area contributed by atoms with Gasteiger partial charge in [-0.15, -0.1) is 0 Å². The van der Waals surface area contributed by atoms with Crippen molar-refractivity contribution in [1.29, 1.82) is 0 Å². The molecule has 2 aliphatic rings. The molecule has 8 heteroatoms. The van der Waals surface area contributed by atoms with E-state index >= 15 is 0 Å². The highest BCUT2D eigenvalue weighted by Gasteiger charge is 2.68. The molecule has 0 spiro atoms. The van der Waals surface area contributed by atoms with Crippen molar-refractivity contribution in [2.45, 2.75) is 50.4 Å². The van der Waals surface area contributed by atoms with Crippen molar-refractivity contribution in [1.82, 2.24) is 5.32 Å². The molecule has 0 unspecified atom stereocenters. The van der Waals surface area contributed by atoms with Gasteiger partial charge in [0.15, 0.2) is 0 Å². The van der Waals surface area contributed by atoms with E-state index in [4.69, 9.17) is 32.7 Å². The SMILES string of the molecule is CCOC(=O)N1c2ccccc2[C@]2(C(=O)OC(C)C)CC(c3ccc(Cl)cc3)(c3ccc(Cl)cc3)N[C@H]12. The highest BCUT2D eigenvalue weighted by Crippen LogP contribution is 2.58. The summed E-state index contributed by atoms with van der Waals surface area (Å²) < 4.78 is 11.4. The number of amides is 1. The van der Waals surface area contributed by atoms with Crippen molar-refractivity contribution >= 4 is 41.0 Å². The first-order valence-electron chi connectivity index (χ1n) is 12.3. The summed E-state index contributed by atoms with van der Waals surface area (Å²) in [4.78, 5) is 29.1. The molecule has 1 saturated heterocycles. The zero-order chi connectivity index (χ0) is 26.4. The van der Waals surface area contributed by atoms with Crippen molar-refractivity contribution in [3.63, 3.8) is 0 Å². The number of ether oxygens (including phenoxy) is 2. The van der Waals surface area contributed by atoms with Gasteiger partial charge in [-0.25, -0.2) is 4.79 Å². The quantitative estimate of drug-likeness (QED) is 0.379. The maximum atomic E-state index is 14.1. The number of nitrogens with one attached hydrogen (secondary N) is 1. The highest BCUT2D eigenvalue weighted by molar-refractivity contribution is 6.30. The second-order valence-corrected chi connectivity index (χ2v) is 10.5. The molecule has 2 atom stereocenters. The molecule has 3 aromatic rings. The first-order valence-corrected chi connectivity index (χ1v) is 13.0. The number of carbonyl (C=O) groups excluding carboxylic acids is 2. The van der Waals surface area contributed by atoms with Gasteiger partial charge in [-0.1, -0.05) is 65.7 Å². The largest absolute Gasteiger partial charge is 0.462 e. The van der Waals surface area contributed by atoms with Crippen molar-refractivity contribution in [2.75, 3.05) is 11.5 Å². The lowest BCUT2D eigenvalue weighted by molar-refractivity contribution is -0.154. The van der Waals surface area contributed by atoms with Gasteiger partial charge in [-0.05, 0) is 74.2 Å². The minimum atomic E-state index is -1.20. The predicted octanol–water partition coefficient (Wildman–Crippen LogP) is 6.42. The molecule has 37 heavy (non-hydrogen) atoms.